The number of sulfone groups is 1. The van der Waals surface area contributed by atoms with Gasteiger partial charge in [-0.3, -0.25) is 4.79 Å². The SMILES string of the molecule is N[C@H](Cc1cc(F)c(F)cc1F)C1CC2CCC(C1)N2C(=O)[C@H](CO)CS(=O)(=O)C1CC1. The third kappa shape index (κ3) is 4.68. The molecule has 10 heteroatoms. The molecule has 0 spiro atoms. The molecule has 2 bridgehead atoms. The van der Waals surface area contributed by atoms with Crippen LogP contribution >= 0.6 is 0 Å². The van der Waals surface area contributed by atoms with E-state index in [-0.39, 0.29) is 46.9 Å². The topological polar surface area (TPSA) is 101 Å². The number of hydrogen-bond donors (Lipinski definition) is 2. The largest absolute Gasteiger partial charge is 0.396 e. The van der Waals surface area contributed by atoms with Crippen LogP contribution in [0.3, 0.4) is 0 Å². The molecule has 2 aliphatic heterocycles. The number of aliphatic hydroxyl groups is 1. The van der Waals surface area contributed by atoms with E-state index < -0.39 is 45.9 Å². The number of nitrogens with zero attached hydrogens (tertiary/aromatic N) is 1. The molecule has 2 heterocycles. The number of piperidine rings is 1. The molecule has 1 aromatic rings. The Morgan fingerprint density at radius 1 is 1.06 bits per heavy atom. The molecule has 1 amide bonds. The lowest BCUT2D eigenvalue weighted by molar-refractivity contribution is -0.141. The van der Waals surface area contributed by atoms with Gasteiger partial charge in [-0.1, -0.05) is 0 Å². The van der Waals surface area contributed by atoms with Gasteiger partial charge in [0.25, 0.3) is 0 Å². The zero-order valence-electron chi connectivity index (χ0n) is 17.7. The van der Waals surface area contributed by atoms with E-state index in [1.807, 2.05) is 0 Å². The van der Waals surface area contributed by atoms with Gasteiger partial charge in [0.2, 0.25) is 5.91 Å². The summed E-state index contributed by atoms with van der Waals surface area (Å²) in [7, 11) is -3.39. The highest BCUT2D eigenvalue weighted by Crippen LogP contribution is 2.41. The van der Waals surface area contributed by atoms with Crippen LogP contribution in [0.25, 0.3) is 0 Å². The van der Waals surface area contributed by atoms with E-state index in [1.165, 1.54) is 0 Å². The average Bonchev–Trinajstić information content (AvgIpc) is 3.56. The minimum absolute atomic E-state index is 0.0212. The summed E-state index contributed by atoms with van der Waals surface area (Å²) in [5, 5.41) is 9.35. The Kier molecular flexibility index (Phi) is 6.57. The van der Waals surface area contributed by atoms with E-state index in [1.54, 1.807) is 4.90 Å². The molecule has 2 unspecified atom stereocenters. The maximum absolute atomic E-state index is 14.0. The Morgan fingerprint density at radius 2 is 1.66 bits per heavy atom. The Morgan fingerprint density at radius 3 is 2.22 bits per heavy atom. The summed E-state index contributed by atoms with van der Waals surface area (Å²) in [4.78, 5) is 14.9. The highest BCUT2D eigenvalue weighted by atomic mass is 32.2. The quantitative estimate of drug-likeness (QED) is 0.561. The van der Waals surface area contributed by atoms with Gasteiger partial charge in [-0.2, -0.15) is 0 Å². The fourth-order valence-corrected chi connectivity index (χ4v) is 7.26. The zero-order valence-corrected chi connectivity index (χ0v) is 18.5. The van der Waals surface area contributed by atoms with Gasteiger partial charge in [0, 0.05) is 24.2 Å². The van der Waals surface area contributed by atoms with E-state index in [0.29, 0.717) is 31.7 Å². The highest BCUT2D eigenvalue weighted by molar-refractivity contribution is 7.92. The maximum atomic E-state index is 14.0. The molecule has 1 aromatic carbocycles. The molecule has 0 radical (unpaired) electrons. The minimum atomic E-state index is -3.39. The van der Waals surface area contributed by atoms with E-state index in [9.17, 15) is 31.5 Å². The summed E-state index contributed by atoms with van der Waals surface area (Å²) >= 11 is 0. The monoisotopic (exact) mass is 474 g/mol. The van der Waals surface area contributed by atoms with Crippen LogP contribution in [0.1, 0.15) is 44.1 Å². The van der Waals surface area contributed by atoms with Crippen molar-refractivity contribution in [1.29, 1.82) is 0 Å². The number of benzene rings is 1. The smallest absolute Gasteiger partial charge is 0.229 e. The van der Waals surface area contributed by atoms with Crippen LogP contribution in [0.5, 0.6) is 0 Å². The number of hydrogen-bond acceptors (Lipinski definition) is 5. The number of nitrogens with two attached hydrogens (primary N) is 1. The van der Waals surface area contributed by atoms with Crippen molar-refractivity contribution in [1.82, 2.24) is 4.90 Å². The summed E-state index contributed by atoms with van der Waals surface area (Å²) < 4.78 is 65.4. The van der Waals surface area contributed by atoms with Gasteiger partial charge >= 0.3 is 0 Å². The summed E-state index contributed by atoms with van der Waals surface area (Å²) in [5.41, 5.74) is 6.34. The first kappa shape index (κ1) is 23.5. The molecule has 4 rings (SSSR count). The summed E-state index contributed by atoms with van der Waals surface area (Å²) in [5.74, 6) is -4.86. The molecule has 0 aromatic heterocycles. The van der Waals surface area contributed by atoms with Gasteiger partial charge in [0.05, 0.1) is 23.5 Å². The van der Waals surface area contributed by atoms with E-state index >= 15 is 0 Å². The molecule has 3 N–H and O–H groups in total. The van der Waals surface area contributed by atoms with Crippen molar-refractivity contribution in [2.75, 3.05) is 12.4 Å². The van der Waals surface area contributed by atoms with Crippen LogP contribution in [0.2, 0.25) is 0 Å². The third-order valence-corrected chi connectivity index (χ3v) is 9.56. The lowest BCUT2D eigenvalue weighted by Crippen LogP contribution is -2.53. The minimum Gasteiger partial charge on any atom is -0.396 e. The maximum Gasteiger partial charge on any atom is 0.229 e. The first-order valence-corrected chi connectivity index (χ1v) is 12.9. The zero-order chi connectivity index (χ0) is 23.2. The molecular weight excluding hydrogens is 445 g/mol. The second-order valence-electron chi connectivity index (χ2n) is 9.50. The van der Waals surface area contributed by atoms with Crippen LogP contribution < -0.4 is 5.73 Å². The second-order valence-corrected chi connectivity index (χ2v) is 11.8. The lowest BCUT2D eigenvalue weighted by atomic mass is 9.82. The first-order valence-electron chi connectivity index (χ1n) is 11.1. The van der Waals surface area contributed by atoms with Crippen LogP contribution in [-0.4, -0.2) is 60.1 Å². The van der Waals surface area contributed by atoms with Crippen molar-refractivity contribution >= 4 is 15.7 Å². The number of carbonyl (C=O) groups is 1. The second kappa shape index (κ2) is 8.95. The predicted molar refractivity (Wildman–Crippen MR) is 112 cm³/mol. The lowest BCUT2D eigenvalue weighted by Gasteiger charge is -2.42. The molecule has 3 fully saturated rings. The third-order valence-electron chi connectivity index (χ3n) is 7.21. The van der Waals surface area contributed by atoms with Gasteiger partial charge in [-0.05, 0) is 62.5 Å². The fraction of sp³-hybridized carbons (Fsp3) is 0.682. The molecule has 32 heavy (non-hydrogen) atoms. The molecule has 4 atom stereocenters. The van der Waals surface area contributed by atoms with Crippen molar-refractivity contribution in [3.8, 4) is 0 Å². The number of aliphatic hydroxyl groups excluding tert-OH is 1. The van der Waals surface area contributed by atoms with Gasteiger partial charge in [0.15, 0.2) is 21.5 Å². The number of amides is 1. The van der Waals surface area contributed by atoms with E-state index in [2.05, 4.69) is 0 Å². The van der Waals surface area contributed by atoms with Crippen LogP contribution in [0.15, 0.2) is 12.1 Å². The van der Waals surface area contributed by atoms with Crippen LogP contribution in [0, 0.1) is 29.3 Å². The number of carbonyl (C=O) groups excluding carboxylic acids is 1. The Bertz CT molecular complexity index is 972. The van der Waals surface area contributed by atoms with Gasteiger partial charge in [-0.25, -0.2) is 21.6 Å². The van der Waals surface area contributed by atoms with Crippen LogP contribution in [0.4, 0.5) is 13.2 Å². The normalized spacial score (nSPS) is 27.4. The molecule has 6 nitrogen and oxygen atoms in total. The summed E-state index contributed by atoms with van der Waals surface area (Å²) in [6.45, 7) is -0.515. The Hall–Kier alpha value is -1.65. The molecular formula is C22H29F3N2O4S. The van der Waals surface area contributed by atoms with Crippen LogP contribution in [-0.2, 0) is 21.1 Å². The molecule has 178 valence electrons. The van der Waals surface area contributed by atoms with E-state index in [4.69, 9.17) is 5.73 Å². The van der Waals surface area contributed by atoms with Gasteiger partial charge < -0.3 is 15.7 Å². The molecule has 1 saturated carbocycles. The standard InChI is InChI=1S/C22H29F3N2O4S/c23-18-9-20(25)19(24)7-12(18)8-21(26)13-5-15-1-2-16(6-13)27(15)22(29)14(10-28)11-32(30,31)17-3-4-17/h7,9,13-17,21,28H,1-6,8,10-11,26H2/t13?,14-,15?,16?,21-/m1/s1. The Balaban J connectivity index is 1.41. The molecule has 3 aliphatic rings. The van der Waals surface area contributed by atoms with Crippen molar-refractivity contribution in [3.63, 3.8) is 0 Å². The highest BCUT2D eigenvalue weighted by Gasteiger charge is 2.47. The van der Waals surface area contributed by atoms with Gasteiger partial charge in [-0.15, -0.1) is 0 Å². The number of fused-ring (bicyclic) bond motifs is 2. The van der Waals surface area contributed by atoms with Gasteiger partial charge in [0.1, 0.15) is 5.82 Å². The predicted octanol–water partition coefficient (Wildman–Crippen LogP) is 1.93. The molecule has 1 aliphatic carbocycles. The van der Waals surface area contributed by atoms with E-state index in [0.717, 1.165) is 18.9 Å². The molecule has 2 saturated heterocycles. The van der Waals surface area contributed by atoms with Crippen molar-refractivity contribution in [3.05, 3.63) is 35.1 Å². The Labute approximate surface area is 185 Å². The fourth-order valence-electron chi connectivity index (χ4n) is 5.33. The average molecular weight is 475 g/mol. The summed E-state index contributed by atoms with van der Waals surface area (Å²) in [6.07, 6.45) is 3.94. The first-order chi connectivity index (χ1) is 15.1. The van der Waals surface area contributed by atoms with Crippen molar-refractivity contribution < 1.29 is 31.5 Å². The number of rotatable bonds is 8. The summed E-state index contributed by atoms with van der Waals surface area (Å²) in [6, 6.07) is 0.630. The van der Waals surface area contributed by atoms with Crippen molar-refractivity contribution in [2.24, 2.45) is 17.6 Å². The number of halogens is 3. The van der Waals surface area contributed by atoms with Crippen molar-refractivity contribution in [2.45, 2.75) is 68.3 Å².